The summed E-state index contributed by atoms with van der Waals surface area (Å²) in [5, 5.41) is 3.16. The van der Waals surface area contributed by atoms with Gasteiger partial charge in [-0.15, -0.1) is 0 Å². The first kappa shape index (κ1) is 10.5. The molecule has 2 heterocycles. The van der Waals surface area contributed by atoms with E-state index in [2.05, 4.69) is 22.4 Å². The highest BCUT2D eigenvalue weighted by Gasteiger charge is 2.11. The van der Waals surface area contributed by atoms with Gasteiger partial charge in [0.2, 0.25) is 0 Å². The van der Waals surface area contributed by atoms with Crippen molar-refractivity contribution in [2.45, 2.75) is 19.5 Å². The minimum absolute atomic E-state index is 0.884. The second-order valence-corrected chi connectivity index (χ2v) is 3.89. The third-order valence-corrected chi connectivity index (χ3v) is 2.71. The number of hydrogen-bond acceptors (Lipinski definition) is 3. The van der Waals surface area contributed by atoms with E-state index in [9.17, 15) is 0 Å². The summed E-state index contributed by atoms with van der Waals surface area (Å²) in [6, 6.07) is 2.05. The highest BCUT2D eigenvalue weighted by Crippen LogP contribution is 2.14. The predicted octanol–water partition coefficient (Wildman–Crippen LogP) is 1.76. The highest BCUT2D eigenvalue weighted by molar-refractivity contribution is 5.17. The van der Waals surface area contributed by atoms with Gasteiger partial charge in [-0.3, -0.25) is 4.90 Å². The highest BCUT2D eigenvalue weighted by atomic mass is 16.3. The molecule has 0 bridgehead atoms. The van der Waals surface area contributed by atoms with Gasteiger partial charge in [0.1, 0.15) is 5.76 Å². The maximum atomic E-state index is 5.51. The molecule has 3 nitrogen and oxygen atoms in total. The Bertz CT molecular complexity index is 330. The van der Waals surface area contributed by atoms with Crippen molar-refractivity contribution in [3.05, 3.63) is 35.8 Å². The van der Waals surface area contributed by atoms with Crippen LogP contribution in [0.15, 0.2) is 28.9 Å². The Hall–Kier alpha value is -1.06. The van der Waals surface area contributed by atoms with Crippen LogP contribution in [0.1, 0.15) is 17.7 Å². The van der Waals surface area contributed by atoms with E-state index in [0.717, 1.165) is 38.4 Å². The minimum atomic E-state index is 0.884. The van der Waals surface area contributed by atoms with E-state index in [1.165, 1.54) is 5.56 Å². The number of nitrogens with zero attached hydrogens (tertiary/aromatic N) is 1. The molecule has 1 aromatic rings. The number of rotatable bonds is 4. The van der Waals surface area contributed by atoms with Gasteiger partial charge in [-0.2, -0.15) is 0 Å². The van der Waals surface area contributed by atoms with Crippen molar-refractivity contribution in [2.75, 3.05) is 20.1 Å². The average molecular weight is 206 g/mol. The second-order valence-electron chi connectivity index (χ2n) is 3.89. The fourth-order valence-corrected chi connectivity index (χ4v) is 1.89. The first-order valence-electron chi connectivity index (χ1n) is 5.47. The summed E-state index contributed by atoms with van der Waals surface area (Å²) in [6.45, 7) is 3.99. The monoisotopic (exact) mass is 206 g/mol. The van der Waals surface area contributed by atoms with Crippen molar-refractivity contribution in [3.63, 3.8) is 0 Å². The normalized spacial score (nSPS) is 17.1. The Kier molecular flexibility index (Phi) is 3.59. The molecule has 0 radical (unpaired) electrons. The van der Waals surface area contributed by atoms with Gasteiger partial charge in [0.05, 0.1) is 12.8 Å². The smallest absolute Gasteiger partial charge is 0.122 e. The predicted molar refractivity (Wildman–Crippen MR) is 60.5 cm³/mol. The van der Waals surface area contributed by atoms with E-state index in [1.54, 1.807) is 6.26 Å². The van der Waals surface area contributed by atoms with Crippen LogP contribution in [-0.2, 0) is 13.1 Å². The van der Waals surface area contributed by atoms with Gasteiger partial charge in [0, 0.05) is 25.2 Å². The second kappa shape index (κ2) is 5.14. The Morgan fingerprint density at radius 1 is 1.47 bits per heavy atom. The van der Waals surface area contributed by atoms with E-state index in [4.69, 9.17) is 4.42 Å². The number of nitrogens with one attached hydrogen (secondary N) is 1. The summed E-state index contributed by atoms with van der Waals surface area (Å²) in [5.41, 5.74) is 1.27. The molecule has 3 heteroatoms. The summed E-state index contributed by atoms with van der Waals surface area (Å²) >= 11 is 0. The molecule has 1 aliphatic heterocycles. The van der Waals surface area contributed by atoms with Crippen molar-refractivity contribution >= 4 is 0 Å². The molecule has 0 amide bonds. The molecule has 0 atom stereocenters. The van der Waals surface area contributed by atoms with Gasteiger partial charge in [-0.05, 0) is 19.5 Å². The van der Waals surface area contributed by atoms with Gasteiger partial charge in [-0.25, -0.2) is 0 Å². The van der Waals surface area contributed by atoms with Crippen LogP contribution in [0, 0.1) is 0 Å². The lowest BCUT2D eigenvalue weighted by molar-refractivity contribution is 0.263. The molecule has 0 saturated heterocycles. The molecular weight excluding hydrogens is 188 g/mol. The van der Waals surface area contributed by atoms with Crippen LogP contribution < -0.4 is 5.32 Å². The van der Waals surface area contributed by atoms with Gasteiger partial charge in [0.25, 0.3) is 0 Å². The zero-order valence-corrected chi connectivity index (χ0v) is 9.20. The molecule has 1 aromatic heterocycles. The molecule has 0 spiro atoms. The van der Waals surface area contributed by atoms with E-state index < -0.39 is 0 Å². The maximum Gasteiger partial charge on any atom is 0.122 e. The summed E-state index contributed by atoms with van der Waals surface area (Å²) in [4.78, 5) is 2.40. The lowest BCUT2D eigenvalue weighted by Crippen LogP contribution is -2.27. The molecule has 0 aliphatic carbocycles. The molecule has 0 unspecified atom stereocenters. The molecule has 0 saturated carbocycles. The van der Waals surface area contributed by atoms with E-state index in [0.29, 0.717) is 0 Å². The Balaban J connectivity index is 1.97. The van der Waals surface area contributed by atoms with Crippen molar-refractivity contribution in [3.8, 4) is 0 Å². The van der Waals surface area contributed by atoms with Crippen molar-refractivity contribution < 1.29 is 4.42 Å². The molecular formula is C12H18N2O. The number of hydrogen-bond donors (Lipinski definition) is 1. The third kappa shape index (κ3) is 2.70. The molecule has 2 rings (SSSR count). The summed E-state index contributed by atoms with van der Waals surface area (Å²) in [7, 11) is 1.96. The molecule has 1 aliphatic rings. The molecule has 1 N–H and O–H groups in total. The van der Waals surface area contributed by atoms with Crippen LogP contribution in [0.2, 0.25) is 0 Å². The van der Waals surface area contributed by atoms with Gasteiger partial charge < -0.3 is 9.73 Å². The van der Waals surface area contributed by atoms with Crippen LogP contribution in [0.4, 0.5) is 0 Å². The zero-order chi connectivity index (χ0) is 10.5. The average Bonchev–Trinajstić information content (AvgIpc) is 2.68. The van der Waals surface area contributed by atoms with Crippen LogP contribution in [0.25, 0.3) is 0 Å². The van der Waals surface area contributed by atoms with E-state index in [-0.39, 0.29) is 0 Å². The number of furan rings is 1. The lowest BCUT2D eigenvalue weighted by atomic mass is 10.2. The molecule has 0 fully saturated rings. The fourth-order valence-electron chi connectivity index (χ4n) is 1.89. The lowest BCUT2D eigenvalue weighted by Gasteiger charge is -2.22. The van der Waals surface area contributed by atoms with Crippen LogP contribution in [0.5, 0.6) is 0 Å². The zero-order valence-electron chi connectivity index (χ0n) is 9.20. The molecule has 0 aromatic carbocycles. The van der Waals surface area contributed by atoms with Crippen LogP contribution in [-0.4, -0.2) is 25.0 Å². The SMILES string of the molecule is CNCc1ccoc1CN1CC=CCC1. The summed E-state index contributed by atoms with van der Waals surface area (Å²) in [5.74, 6) is 1.10. The Morgan fingerprint density at radius 2 is 2.40 bits per heavy atom. The van der Waals surface area contributed by atoms with E-state index in [1.807, 2.05) is 13.1 Å². The first-order valence-corrected chi connectivity index (χ1v) is 5.47. The van der Waals surface area contributed by atoms with Gasteiger partial charge >= 0.3 is 0 Å². The summed E-state index contributed by atoms with van der Waals surface area (Å²) < 4.78 is 5.51. The quantitative estimate of drug-likeness (QED) is 0.761. The topological polar surface area (TPSA) is 28.4 Å². The standard InChI is InChI=1S/C12H18N2O/c1-13-9-11-5-8-15-12(11)10-14-6-3-2-4-7-14/h2-3,5,8,13H,4,6-7,9-10H2,1H3. The Morgan fingerprint density at radius 3 is 3.13 bits per heavy atom. The van der Waals surface area contributed by atoms with Crippen molar-refractivity contribution in [2.24, 2.45) is 0 Å². The first-order chi connectivity index (χ1) is 7.40. The largest absolute Gasteiger partial charge is 0.468 e. The minimum Gasteiger partial charge on any atom is -0.468 e. The van der Waals surface area contributed by atoms with Crippen molar-refractivity contribution in [1.29, 1.82) is 0 Å². The maximum absolute atomic E-state index is 5.51. The fraction of sp³-hybridized carbons (Fsp3) is 0.500. The van der Waals surface area contributed by atoms with Crippen LogP contribution in [0.3, 0.4) is 0 Å². The van der Waals surface area contributed by atoms with E-state index >= 15 is 0 Å². The summed E-state index contributed by atoms with van der Waals surface area (Å²) in [6.07, 6.45) is 7.40. The van der Waals surface area contributed by atoms with Crippen molar-refractivity contribution in [1.82, 2.24) is 10.2 Å². The van der Waals surface area contributed by atoms with Gasteiger partial charge in [-0.1, -0.05) is 12.2 Å². The van der Waals surface area contributed by atoms with Crippen LogP contribution >= 0.6 is 0 Å². The molecule has 82 valence electrons. The van der Waals surface area contributed by atoms with Gasteiger partial charge in [0.15, 0.2) is 0 Å². The molecule has 15 heavy (non-hydrogen) atoms. The Labute approximate surface area is 90.8 Å². The third-order valence-electron chi connectivity index (χ3n) is 2.71.